The minimum atomic E-state index is 0.670. The Morgan fingerprint density at radius 2 is 1.94 bits per heavy atom. The smallest absolute Gasteiger partial charge is 0.0488 e. The van der Waals surface area contributed by atoms with Crippen molar-refractivity contribution in [2.45, 2.75) is 64.3 Å². The average Bonchev–Trinajstić information content (AvgIpc) is 2.36. The van der Waals surface area contributed by atoms with Crippen LogP contribution in [0.4, 0.5) is 0 Å². The Morgan fingerprint density at radius 3 is 2.53 bits per heavy atom. The van der Waals surface area contributed by atoms with Crippen LogP contribution in [0.25, 0.3) is 0 Å². The molecule has 0 saturated heterocycles. The van der Waals surface area contributed by atoms with Gasteiger partial charge in [-0.25, -0.2) is 0 Å². The van der Waals surface area contributed by atoms with Crippen LogP contribution >= 0.6 is 0 Å². The van der Waals surface area contributed by atoms with Crippen LogP contribution in [0, 0.1) is 11.8 Å². The number of methoxy groups -OCH3 is 1. The van der Waals surface area contributed by atoms with E-state index in [0.717, 1.165) is 12.5 Å². The highest BCUT2D eigenvalue weighted by Gasteiger charge is 2.17. The summed E-state index contributed by atoms with van der Waals surface area (Å²) in [6.07, 6.45) is 11.4. The first-order valence-corrected chi connectivity index (χ1v) is 7.42. The molecule has 0 bridgehead atoms. The number of rotatable bonds is 8. The van der Waals surface area contributed by atoms with Crippen LogP contribution in [0.1, 0.15) is 58.3 Å². The van der Waals surface area contributed by atoms with E-state index in [2.05, 4.69) is 19.3 Å². The molecule has 102 valence electrons. The normalized spacial score (nSPS) is 21.4. The number of ether oxygens (including phenoxy) is 1. The monoisotopic (exact) mass is 241 g/mol. The number of hydrogen-bond donors (Lipinski definition) is 1. The fourth-order valence-electron chi connectivity index (χ4n) is 3.13. The molecule has 2 nitrogen and oxygen atoms in total. The Bertz CT molecular complexity index is 178. The standard InChI is InChI=1S/C15H31NO/c1-13(12-17-3)11-15(16-2)10-9-14-7-5-4-6-8-14/h13-16H,4-12H2,1-3H3. The van der Waals surface area contributed by atoms with E-state index in [9.17, 15) is 0 Å². The molecule has 0 heterocycles. The lowest BCUT2D eigenvalue weighted by atomic mass is 9.84. The molecule has 17 heavy (non-hydrogen) atoms. The number of hydrogen-bond acceptors (Lipinski definition) is 2. The molecule has 0 spiro atoms. The van der Waals surface area contributed by atoms with Crippen molar-refractivity contribution in [3.05, 3.63) is 0 Å². The van der Waals surface area contributed by atoms with E-state index in [-0.39, 0.29) is 0 Å². The van der Waals surface area contributed by atoms with Crippen molar-refractivity contribution in [1.82, 2.24) is 5.32 Å². The predicted octanol–water partition coefficient (Wildman–Crippen LogP) is 3.61. The zero-order chi connectivity index (χ0) is 12.5. The Morgan fingerprint density at radius 1 is 1.24 bits per heavy atom. The van der Waals surface area contributed by atoms with Gasteiger partial charge in [0.25, 0.3) is 0 Å². The number of nitrogens with one attached hydrogen (secondary N) is 1. The summed E-state index contributed by atoms with van der Waals surface area (Å²) in [6, 6.07) is 0.682. The van der Waals surface area contributed by atoms with Crippen LogP contribution in [0.15, 0.2) is 0 Å². The summed E-state index contributed by atoms with van der Waals surface area (Å²) >= 11 is 0. The first kappa shape index (κ1) is 15.0. The maximum atomic E-state index is 5.22. The molecule has 1 N–H and O–H groups in total. The molecular weight excluding hydrogens is 210 g/mol. The van der Waals surface area contributed by atoms with Gasteiger partial charge in [-0.15, -0.1) is 0 Å². The van der Waals surface area contributed by atoms with Gasteiger partial charge in [-0.3, -0.25) is 0 Å². The maximum absolute atomic E-state index is 5.22. The van der Waals surface area contributed by atoms with E-state index in [1.807, 2.05) is 0 Å². The van der Waals surface area contributed by atoms with E-state index < -0.39 is 0 Å². The molecule has 2 heteroatoms. The quantitative estimate of drug-likeness (QED) is 0.701. The van der Waals surface area contributed by atoms with Crippen LogP contribution in [0.5, 0.6) is 0 Å². The molecule has 0 amide bonds. The predicted molar refractivity (Wildman–Crippen MR) is 74.3 cm³/mol. The Hall–Kier alpha value is -0.0800. The summed E-state index contributed by atoms with van der Waals surface area (Å²) in [5.74, 6) is 1.68. The van der Waals surface area contributed by atoms with Crippen molar-refractivity contribution in [1.29, 1.82) is 0 Å². The third kappa shape index (κ3) is 6.42. The molecule has 0 aromatic rings. The largest absolute Gasteiger partial charge is 0.384 e. The fourth-order valence-corrected chi connectivity index (χ4v) is 3.13. The second-order valence-electron chi connectivity index (χ2n) is 5.86. The Kier molecular flexibility index (Phi) is 7.87. The van der Waals surface area contributed by atoms with E-state index in [4.69, 9.17) is 4.74 Å². The van der Waals surface area contributed by atoms with E-state index in [1.165, 1.54) is 51.4 Å². The molecule has 2 atom stereocenters. The molecule has 0 radical (unpaired) electrons. The molecule has 1 rings (SSSR count). The SMILES string of the molecule is CNC(CCC1CCCCC1)CC(C)COC. The van der Waals surface area contributed by atoms with Crippen molar-refractivity contribution < 1.29 is 4.74 Å². The zero-order valence-corrected chi connectivity index (χ0v) is 12.0. The molecule has 1 aliphatic carbocycles. The van der Waals surface area contributed by atoms with Crippen LogP contribution < -0.4 is 5.32 Å². The van der Waals surface area contributed by atoms with Gasteiger partial charge in [0.1, 0.15) is 0 Å². The molecule has 1 saturated carbocycles. The van der Waals surface area contributed by atoms with Crippen molar-refractivity contribution >= 4 is 0 Å². The summed E-state index contributed by atoms with van der Waals surface area (Å²) in [7, 11) is 3.90. The maximum Gasteiger partial charge on any atom is 0.0488 e. The summed E-state index contributed by atoms with van der Waals surface area (Å²) < 4.78 is 5.22. The van der Waals surface area contributed by atoms with Gasteiger partial charge in [-0.05, 0) is 38.1 Å². The van der Waals surface area contributed by atoms with Gasteiger partial charge in [0, 0.05) is 19.8 Å². The van der Waals surface area contributed by atoms with Gasteiger partial charge in [0.15, 0.2) is 0 Å². The van der Waals surface area contributed by atoms with Gasteiger partial charge >= 0.3 is 0 Å². The van der Waals surface area contributed by atoms with Gasteiger partial charge in [-0.1, -0.05) is 39.0 Å². The molecule has 0 aliphatic heterocycles. The first-order valence-electron chi connectivity index (χ1n) is 7.42. The van der Waals surface area contributed by atoms with Gasteiger partial charge in [0.2, 0.25) is 0 Å². The summed E-state index contributed by atoms with van der Waals surface area (Å²) in [5, 5.41) is 3.48. The second kappa shape index (κ2) is 8.93. The molecule has 2 unspecified atom stereocenters. The Balaban J connectivity index is 2.16. The zero-order valence-electron chi connectivity index (χ0n) is 12.0. The van der Waals surface area contributed by atoms with Crippen molar-refractivity contribution in [2.75, 3.05) is 20.8 Å². The van der Waals surface area contributed by atoms with Gasteiger partial charge < -0.3 is 10.1 Å². The van der Waals surface area contributed by atoms with E-state index >= 15 is 0 Å². The first-order chi connectivity index (χ1) is 8.26. The fraction of sp³-hybridized carbons (Fsp3) is 1.00. The lowest BCUT2D eigenvalue weighted by Gasteiger charge is -2.25. The van der Waals surface area contributed by atoms with Crippen molar-refractivity contribution in [2.24, 2.45) is 11.8 Å². The molecule has 0 aromatic carbocycles. The summed E-state index contributed by atoms with van der Waals surface area (Å²) in [4.78, 5) is 0. The third-order valence-electron chi connectivity index (χ3n) is 4.19. The molecule has 1 fully saturated rings. The Labute approximate surface area is 108 Å². The van der Waals surface area contributed by atoms with Crippen LogP contribution in [-0.2, 0) is 4.74 Å². The van der Waals surface area contributed by atoms with Crippen LogP contribution in [0.2, 0.25) is 0 Å². The molecule has 0 aromatic heterocycles. The highest BCUT2D eigenvalue weighted by Crippen LogP contribution is 2.28. The van der Waals surface area contributed by atoms with Gasteiger partial charge in [-0.2, -0.15) is 0 Å². The minimum absolute atomic E-state index is 0.670. The lowest BCUT2D eigenvalue weighted by Crippen LogP contribution is -2.29. The van der Waals surface area contributed by atoms with Crippen LogP contribution in [0.3, 0.4) is 0 Å². The topological polar surface area (TPSA) is 21.3 Å². The minimum Gasteiger partial charge on any atom is -0.384 e. The highest BCUT2D eigenvalue weighted by molar-refractivity contribution is 4.72. The summed E-state index contributed by atoms with van der Waals surface area (Å²) in [5.41, 5.74) is 0. The highest BCUT2D eigenvalue weighted by atomic mass is 16.5. The van der Waals surface area contributed by atoms with Crippen molar-refractivity contribution in [3.63, 3.8) is 0 Å². The van der Waals surface area contributed by atoms with Crippen molar-refractivity contribution in [3.8, 4) is 0 Å². The third-order valence-corrected chi connectivity index (χ3v) is 4.19. The second-order valence-corrected chi connectivity index (χ2v) is 5.86. The van der Waals surface area contributed by atoms with E-state index in [1.54, 1.807) is 7.11 Å². The van der Waals surface area contributed by atoms with Gasteiger partial charge in [0.05, 0.1) is 0 Å². The summed E-state index contributed by atoms with van der Waals surface area (Å²) in [6.45, 7) is 3.18. The van der Waals surface area contributed by atoms with E-state index in [0.29, 0.717) is 12.0 Å². The van der Waals surface area contributed by atoms with Crippen LogP contribution in [-0.4, -0.2) is 26.8 Å². The molecular formula is C15H31NO. The molecule has 1 aliphatic rings. The lowest BCUT2D eigenvalue weighted by molar-refractivity contribution is 0.148. The average molecular weight is 241 g/mol.